The van der Waals surface area contributed by atoms with Crippen molar-refractivity contribution in [3.05, 3.63) is 60.2 Å². The van der Waals surface area contributed by atoms with Crippen LogP contribution in [0.3, 0.4) is 0 Å². The van der Waals surface area contributed by atoms with Crippen molar-refractivity contribution < 1.29 is 4.74 Å². The first-order valence-corrected chi connectivity index (χ1v) is 9.80. The number of benzene rings is 2. The molecule has 29 heavy (non-hydrogen) atoms. The first-order valence-electron chi connectivity index (χ1n) is 9.80. The Labute approximate surface area is 173 Å². The summed E-state index contributed by atoms with van der Waals surface area (Å²) in [4.78, 5) is 11.6. The molecule has 0 atom stereocenters. The number of hydrogen-bond acceptors (Lipinski definition) is 6. The Morgan fingerprint density at radius 2 is 1.79 bits per heavy atom. The van der Waals surface area contributed by atoms with Gasteiger partial charge >= 0.3 is 0 Å². The molecule has 0 radical (unpaired) electrons. The zero-order valence-corrected chi connectivity index (χ0v) is 17.6. The van der Waals surface area contributed by atoms with Crippen LogP contribution in [0.2, 0.25) is 0 Å². The molecule has 0 bridgehead atoms. The van der Waals surface area contributed by atoms with Crippen molar-refractivity contribution in [1.82, 2.24) is 14.9 Å². The highest BCUT2D eigenvalue weighted by Gasteiger charge is 2.10. The molecular formula is C23H29N5O. The van der Waals surface area contributed by atoms with Gasteiger partial charge in [0.2, 0.25) is 5.95 Å². The maximum atomic E-state index is 5.49. The number of methoxy groups -OCH3 is 1. The van der Waals surface area contributed by atoms with E-state index in [1.165, 1.54) is 0 Å². The first-order chi connectivity index (χ1) is 14.0. The van der Waals surface area contributed by atoms with Crippen molar-refractivity contribution >= 4 is 17.5 Å². The van der Waals surface area contributed by atoms with Crippen molar-refractivity contribution in [1.29, 1.82) is 0 Å². The van der Waals surface area contributed by atoms with Gasteiger partial charge in [0.05, 0.1) is 18.5 Å². The van der Waals surface area contributed by atoms with Crippen LogP contribution in [0.5, 0.6) is 5.75 Å². The normalized spacial score (nSPS) is 10.8. The molecule has 6 nitrogen and oxygen atoms in total. The molecule has 0 amide bonds. The Morgan fingerprint density at radius 1 is 1.00 bits per heavy atom. The first kappa shape index (κ1) is 20.6. The van der Waals surface area contributed by atoms with Crippen LogP contribution in [0.25, 0.3) is 11.3 Å². The number of aryl methyl sites for hydroxylation is 1. The third kappa shape index (κ3) is 5.93. The number of nitrogens with one attached hydrogen (secondary N) is 2. The van der Waals surface area contributed by atoms with Gasteiger partial charge in [-0.1, -0.05) is 36.4 Å². The van der Waals surface area contributed by atoms with Gasteiger partial charge in [0.25, 0.3) is 0 Å². The second-order valence-corrected chi connectivity index (χ2v) is 7.24. The number of rotatable bonds is 9. The molecule has 0 aliphatic heterocycles. The Morgan fingerprint density at radius 3 is 2.52 bits per heavy atom. The number of anilines is 3. The van der Waals surface area contributed by atoms with Crippen LogP contribution in [0, 0.1) is 6.92 Å². The molecule has 0 unspecified atom stereocenters. The zero-order valence-electron chi connectivity index (χ0n) is 17.6. The van der Waals surface area contributed by atoms with Gasteiger partial charge in [0.1, 0.15) is 11.6 Å². The highest BCUT2D eigenvalue weighted by Crippen LogP contribution is 2.30. The largest absolute Gasteiger partial charge is 0.495 e. The minimum atomic E-state index is 0.610. The van der Waals surface area contributed by atoms with Gasteiger partial charge in [0.15, 0.2) is 0 Å². The average molecular weight is 392 g/mol. The van der Waals surface area contributed by atoms with E-state index in [1.54, 1.807) is 7.11 Å². The van der Waals surface area contributed by atoms with Gasteiger partial charge in [-0.3, -0.25) is 0 Å². The van der Waals surface area contributed by atoms with Gasteiger partial charge in [-0.2, -0.15) is 4.98 Å². The molecule has 2 aromatic carbocycles. The standard InChI is InChI=1S/C23H29N5O/c1-17-11-12-21(29-4)20(15-17)25-22-16-19(18-9-6-5-7-10-18)26-23(27-22)24-13-8-14-28(2)3/h5-7,9-12,15-16H,8,13-14H2,1-4H3,(H2,24,25,26,27). The summed E-state index contributed by atoms with van der Waals surface area (Å²) in [7, 11) is 5.82. The molecule has 2 N–H and O–H groups in total. The zero-order chi connectivity index (χ0) is 20.6. The van der Waals surface area contributed by atoms with Gasteiger partial charge < -0.3 is 20.3 Å². The third-order valence-electron chi connectivity index (χ3n) is 4.48. The van der Waals surface area contributed by atoms with Crippen LogP contribution in [0.15, 0.2) is 54.6 Å². The van der Waals surface area contributed by atoms with Gasteiger partial charge in [-0.25, -0.2) is 4.98 Å². The van der Waals surface area contributed by atoms with E-state index in [-0.39, 0.29) is 0 Å². The summed E-state index contributed by atoms with van der Waals surface area (Å²) in [6, 6.07) is 18.1. The molecule has 0 aliphatic carbocycles. The minimum Gasteiger partial charge on any atom is -0.495 e. The van der Waals surface area contributed by atoms with Crippen molar-refractivity contribution in [3.8, 4) is 17.0 Å². The second-order valence-electron chi connectivity index (χ2n) is 7.24. The summed E-state index contributed by atoms with van der Waals surface area (Å²) < 4.78 is 5.49. The van der Waals surface area contributed by atoms with Gasteiger partial charge in [-0.05, 0) is 51.7 Å². The predicted molar refractivity (Wildman–Crippen MR) is 120 cm³/mol. The van der Waals surface area contributed by atoms with Crippen LogP contribution >= 0.6 is 0 Å². The van der Waals surface area contributed by atoms with Crippen LogP contribution in [-0.4, -0.2) is 49.2 Å². The quantitative estimate of drug-likeness (QED) is 0.521. The van der Waals surface area contributed by atoms with E-state index in [9.17, 15) is 0 Å². The van der Waals surface area contributed by atoms with Crippen LogP contribution in [0.1, 0.15) is 12.0 Å². The van der Waals surface area contributed by atoms with E-state index in [4.69, 9.17) is 9.72 Å². The maximum absolute atomic E-state index is 5.49. The van der Waals surface area contributed by atoms with E-state index in [2.05, 4.69) is 53.7 Å². The molecule has 0 spiro atoms. The predicted octanol–water partition coefficient (Wildman–Crippen LogP) is 4.57. The lowest BCUT2D eigenvalue weighted by Crippen LogP contribution is -2.17. The lowest BCUT2D eigenvalue weighted by Gasteiger charge is -2.14. The lowest BCUT2D eigenvalue weighted by atomic mass is 10.1. The molecule has 6 heteroatoms. The third-order valence-corrected chi connectivity index (χ3v) is 4.48. The molecule has 0 aliphatic rings. The lowest BCUT2D eigenvalue weighted by molar-refractivity contribution is 0.405. The fourth-order valence-corrected chi connectivity index (χ4v) is 3.00. The topological polar surface area (TPSA) is 62.3 Å². The summed E-state index contributed by atoms with van der Waals surface area (Å²) in [6.45, 7) is 3.87. The fraction of sp³-hybridized carbons (Fsp3) is 0.304. The van der Waals surface area contributed by atoms with E-state index < -0.39 is 0 Å². The molecular weight excluding hydrogens is 362 g/mol. The smallest absolute Gasteiger partial charge is 0.225 e. The number of hydrogen-bond donors (Lipinski definition) is 2. The highest BCUT2D eigenvalue weighted by molar-refractivity contribution is 5.70. The van der Waals surface area contributed by atoms with Crippen molar-refractivity contribution in [2.75, 3.05) is 44.9 Å². The summed E-state index contributed by atoms with van der Waals surface area (Å²) in [5.74, 6) is 2.10. The van der Waals surface area contributed by atoms with Crippen LogP contribution in [0.4, 0.5) is 17.5 Å². The molecule has 1 heterocycles. The van der Waals surface area contributed by atoms with Crippen LogP contribution < -0.4 is 15.4 Å². The van der Waals surface area contributed by atoms with E-state index in [1.807, 2.05) is 42.5 Å². The number of aromatic nitrogens is 2. The summed E-state index contributed by atoms with van der Waals surface area (Å²) >= 11 is 0. The molecule has 3 rings (SSSR count). The Kier molecular flexibility index (Phi) is 7.03. The summed E-state index contributed by atoms with van der Waals surface area (Å²) in [5.41, 5.74) is 3.94. The Hall–Kier alpha value is -3.12. The average Bonchev–Trinajstić information content (AvgIpc) is 2.72. The van der Waals surface area contributed by atoms with Crippen LogP contribution in [-0.2, 0) is 0 Å². The Bertz CT molecular complexity index is 928. The van der Waals surface area contributed by atoms with Crippen molar-refractivity contribution in [2.24, 2.45) is 0 Å². The number of nitrogens with zero attached hydrogens (tertiary/aromatic N) is 3. The van der Waals surface area contributed by atoms with Crippen molar-refractivity contribution in [2.45, 2.75) is 13.3 Å². The van der Waals surface area contributed by atoms with E-state index >= 15 is 0 Å². The second kappa shape index (κ2) is 9.89. The maximum Gasteiger partial charge on any atom is 0.225 e. The highest BCUT2D eigenvalue weighted by atomic mass is 16.5. The Balaban J connectivity index is 1.89. The molecule has 3 aromatic rings. The molecule has 1 aromatic heterocycles. The SMILES string of the molecule is COc1ccc(C)cc1Nc1cc(-c2ccccc2)nc(NCCCN(C)C)n1. The van der Waals surface area contributed by atoms with E-state index in [0.29, 0.717) is 5.95 Å². The minimum absolute atomic E-state index is 0.610. The van der Waals surface area contributed by atoms with Gasteiger partial charge in [-0.15, -0.1) is 0 Å². The monoisotopic (exact) mass is 391 g/mol. The molecule has 0 saturated carbocycles. The van der Waals surface area contributed by atoms with Crippen molar-refractivity contribution in [3.63, 3.8) is 0 Å². The molecule has 0 saturated heterocycles. The van der Waals surface area contributed by atoms with Gasteiger partial charge in [0, 0.05) is 18.2 Å². The summed E-state index contributed by atoms with van der Waals surface area (Å²) in [5, 5.41) is 6.76. The summed E-state index contributed by atoms with van der Waals surface area (Å²) in [6.07, 6.45) is 1.01. The fourth-order valence-electron chi connectivity index (χ4n) is 3.00. The molecule has 152 valence electrons. The number of ether oxygens (including phenoxy) is 1. The van der Waals surface area contributed by atoms with E-state index in [0.717, 1.165) is 53.6 Å². The molecule has 0 fully saturated rings.